The molecule has 2 atom stereocenters. The molecule has 0 radical (unpaired) electrons. The molecule has 30 heavy (non-hydrogen) atoms. The van der Waals surface area contributed by atoms with Crippen molar-refractivity contribution in [1.29, 1.82) is 0 Å². The highest BCUT2D eigenvalue weighted by atomic mass is 16.2. The van der Waals surface area contributed by atoms with Crippen LogP contribution >= 0.6 is 0 Å². The first-order valence-electron chi connectivity index (χ1n) is 10.4. The molecule has 2 amide bonds. The zero-order valence-electron chi connectivity index (χ0n) is 17.6. The highest BCUT2D eigenvalue weighted by Gasteiger charge is 2.39. The van der Waals surface area contributed by atoms with Gasteiger partial charge in [-0.2, -0.15) is 5.11 Å². The fourth-order valence-electron chi connectivity index (χ4n) is 4.24. The van der Waals surface area contributed by atoms with Gasteiger partial charge in [-0.25, -0.2) is 0 Å². The van der Waals surface area contributed by atoms with E-state index in [1.165, 1.54) is 0 Å². The van der Waals surface area contributed by atoms with Gasteiger partial charge in [0, 0.05) is 37.2 Å². The van der Waals surface area contributed by atoms with Crippen LogP contribution < -0.4 is 10.2 Å². The van der Waals surface area contributed by atoms with Crippen molar-refractivity contribution < 1.29 is 9.59 Å². The maximum Gasteiger partial charge on any atom is 0.227 e. The normalized spacial score (nSPS) is 19.6. The second-order valence-corrected chi connectivity index (χ2v) is 8.13. The molecule has 7 heteroatoms. The Hall–Kier alpha value is -3.22. The third-order valence-corrected chi connectivity index (χ3v) is 5.58. The molecule has 0 fully saturated rings. The lowest BCUT2D eigenvalue weighted by Gasteiger charge is -2.34. The van der Waals surface area contributed by atoms with E-state index in [-0.39, 0.29) is 42.8 Å². The highest BCUT2D eigenvalue weighted by molar-refractivity contribution is 5.96. The zero-order chi connectivity index (χ0) is 21.3. The second kappa shape index (κ2) is 8.26. The lowest BCUT2D eigenvalue weighted by Crippen LogP contribution is -2.36. The Bertz CT molecular complexity index is 987. The van der Waals surface area contributed by atoms with E-state index in [1.807, 2.05) is 62.3 Å². The maximum atomic E-state index is 13.3. The fraction of sp³-hybridized carbons (Fsp3) is 0.391. The van der Waals surface area contributed by atoms with E-state index in [4.69, 9.17) is 0 Å². The number of para-hydroxylation sites is 1. The second-order valence-electron chi connectivity index (χ2n) is 8.13. The Labute approximate surface area is 176 Å². The molecular formula is C23H27N5O2. The maximum absolute atomic E-state index is 13.3. The van der Waals surface area contributed by atoms with Crippen molar-refractivity contribution in [3.63, 3.8) is 0 Å². The Morgan fingerprint density at radius 2 is 1.77 bits per heavy atom. The standard InChI is InChI=1S/C23H27N5O2/c1-15(2)24-20(29)12-13-21(30)28-14-16-8-4-5-9-17(16)23-22(25-26-27(23)3)18-10-6-7-11-19(18)28/h4-11,15,22-23H,12-14H2,1-3H3,(H,24,29). The number of anilines is 1. The molecular weight excluding hydrogens is 378 g/mol. The summed E-state index contributed by atoms with van der Waals surface area (Å²) in [6, 6.07) is 15.9. The van der Waals surface area contributed by atoms with E-state index in [0.29, 0.717) is 6.54 Å². The van der Waals surface area contributed by atoms with Gasteiger partial charge in [-0.15, -0.1) is 0 Å². The molecule has 0 saturated carbocycles. The summed E-state index contributed by atoms with van der Waals surface area (Å²) in [4.78, 5) is 27.1. The smallest absolute Gasteiger partial charge is 0.227 e. The summed E-state index contributed by atoms with van der Waals surface area (Å²) < 4.78 is 0. The first kappa shape index (κ1) is 20.1. The molecule has 2 aromatic rings. The van der Waals surface area contributed by atoms with E-state index in [9.17, 15) is 9.59 Å². The fourth-order valence-corrected chi connectivity index (χ4v) is 4.24. The van der Waals surface area contributed by atoms with Gasteiger partial charge < -0.3 is 10.2 Å². The number of hydrogen-bond donors (Lipinski definition) is 1. The number of likely N-dealkylation sites (N-methyl/N-ethyl adjacent to an activating group) is 1. The van der Waals surface area contributed by atoms with Gasteiger partial charge in [-0.3, -0.25) is 14.6 Å². The van der Waals surface area contributed by atoms with E-state index in [0.717, 1.165) is 22.4 Å². The lowest BCUT2D eigenvalue weighted by atomic mass is 9.87. The lowest BCUT2D eigenvalue weighted by molar-refractivity contribution is -0.125. The van der Waals surface area contributed by atoms with Crippen LogP contribution in [0.4, 0.5) is 5.69 Å². The van der Waals surface area contributed by atoms with Crippen molar-refractivity contribution in [2.75, 3.05) is 11.9 Å². The van der Waals surface area contributed by atoms with Gasteiger partial charge in [0.15, 0.2) is 0 Å². The van der Waals surface area contributed by atoms with Gasteiger partial charge >= 0.3 is 0 Å². The molecule has 2 aromatic carbocycles. The molecule has 7 nitrogen and oxygen atoms in total. The van der Waals surface area contributed by atoms with Gasteiger partial charge in [0.05, 0.1) is 6.54 Å². The predicted molar refractivity (Wildman–Crippen MR) is 115 cm³/mol. The van der Waals surface area contributed by atoms with Crippen LogP contribution in [0.2, 0.25) is 0 Å². The molecule has 2 heterocycles. The quantitative estimate of drug-likeness (QED) is 0.837. The summed E-state index contributed by atoms with van der Waals surface area (Å²) in [5.74, 6) is -0.178. The number of amides is 2. The molecule has 0 aliphatic carbocycles. The van der Waals surface area contributed by atoms with Crippen LogP contribution in [0.5, 0.6) is 0 Å². The Morgan fingerprint density at radius 3 is 2.53 bits per heavy atom. The average molecular weight is 406 g/mol. The minimum atomic E-state index is -0.188. The molecule has 0 bridgehead atoms. The molecule has 0 spiro atoms. The largest absolute Gasteiger partial charge is 0.354 e. The SMILES string of the molecule is CC(C)NC(=O)CCC(=O)N1Cc2ccccc2C2C(N=NN2C)c2ccccc21. The Kier molecular flexibility index (Phi) is 5.53. The van der Waals surface area contributed by atoms with Crippen LogP contribution in [0.15, 0.2) is 58.9 Å². The third kappa shape index (κ3) is 3.79. The van der Waals surface area contributed by atoms with Crippen molar-refractivity contribution >= 4 is 17.5 Å². The number of carbonyl (C=O) groups excluding carboxylic acids is 2. The van der Waals surface area contributed by atoms with Crippen LogP contribution in [0, 0.1) is 0 Å². The molecule has 156 valence electrons. The summed E-state index contributed by atoms with van der Waals surface area (Å²) in [5.41, 5.74) is 4.01. The first-order chi connectivity index (χ1) is 14.5. The predicted octanol–water partition coefficient (Wildman–Crippen LogP) is 3.93. The number of carbonyl (C=O) groups is 2. The van der Waals surface area contributed by atoms with Crippen LogP contribution in [0.3, 0.4) is 0 Å². The molecule has 2 aliphatic heterocycles. The van der Waals surface area contributed by atoms with Crippen molar-refractivity contribution in [2.45, 2.75) is 51.4 Å². The summed E-state index contributed by atoms with van der Waals surface area (Å²) in [6.07, 6.45) is 0.330. The number of fused-ring (bicyclic) bond motifs is 5. The summed E-state index contributed by atoms with van der Waals surface area (Å²) >= 11 is 0. The number of benzene rings is 2. The number of nitrogens with one attached hydrogen (secondary N) is 1. The van der Waals surface area contributed by atoms with Gasteiger partial charge in [-0.05, 0) is 31.0 Å². The monoisotopic (exact) mass is 405 g/mol. The zero-order valence-corrected chi connectivity index (χ0v) is 17.6. The number of rotatable bonds is 4. The summed E-state index contributed by atoms with van der Waals surface area (Å²) in [7, 11) is 1.94. The minimum Gasteiger partial charge on any atom is -0.354 e. The molecule has 1 N–H and O–H groups in total. The molecule has 4 rings (SSSR count). The topological polar surface area (TPSA) is 77.4 Å². The van der Waals surface area contributed by atoms with E-state index in [1.54, 1.807) is 4.90 Å². The Balaban J connectivity index is 1.70. The number of hydrogen-bond acceptors (Lipinski definition) is 5. The molecule has 2 aliphatic rings. The van der Waals surface area contributed by atoms with Crippen LogP contribution in [-0.2, 0) is 16.1 Å². The Morgan fingerprint density at radius 1 is 1.07 bits per heavy atom. The molecule has 0 saturated heterocycles. The number of nitrogens with zero attached hydrogens (tertiary/aromatic N) is 4. The molecule has 2 unspecified atom stereocenters. The average Bonchev–Trinajstić information content (AvgIpc) is 3.09. The van der Waals surface area contributed by atoms with Crippen molar-refractivity contribution in [3.05, 3.63) is 65.2 Å². The van der Waals surface area contributed by atoms with Crippen LogP contribution in [0.25, 0.3) is 0 Å². The highest BCUT2D eigenvalue weighted by Crippen LogP contribution is 2.47. The van der Waals surface area contributed by atoms with Crippen LogP contribution in [-0.4, -0.2) is 29.9 Å². The van der Waals surface area contributed by atoms with E-state index < -0.39 is 0 Å². The van der Waals surface area contributed by atoms with Gasteiger partial charge in [-0.1, -0.05) is 47.7 Å². The molecule has 0 aromatic heterocycles. The summed E-state index contributed by atoms with van der Waals surface area (Å²) in [5, 5.41) is 13.6. The minimum absolute atomic E-state index is 0.00331. The van der Waals surface area contributed by atoms with Gasteiger partial charge in [0.25, 0.3) is 0 Å². The first-order valence-corrected chi connectivity index (χ1v) is 10.4. The van der Waals surface area contributed by atoms with E-state index in [2.05, 4.69) is 27.8 Å². The van der Waals surface area contributed by atoms with Crippen molar-refractivity contribution in [3.8, 4) is 0 Å². The summed E-state index contributed by atoms with van der Waals surface area (Å²) in [6.45, 7) is 4.28. The van der Waals surface area contributed by atoms with Crippen LogP contribution in [0.1, 0.15) is 55.5 Å². The van der Waals surface area contributed by atoms with E-state index >= 15 is 0 Å². The van der Waals surface area contributed by atoms with Gasteiger partial charge in [0.2, 0.25) is 11.8 Å². The third-order valence-electron chi connectivity index (χ3n) is 5.58. The van der Waals surface area contributed by atoms with Gasteiger partial charge in [0.1, 0.15) is 12.1 Å². The van der Waals surface area contributed by atoms with Crippen molar-refractivity contribution in [2.24, 2.45) is 10.3 Å². The van der Waals surface area contributed by atoms with Crippen molar-refractivity contribution in [1.82, 2.24) is 10.3 Å².